The Bertz CT molecular complexity index is 983. The van der Waals surface area contributed by atoms with Crippen molar-refractivity contribution >= 4 is 21.4 Å². The number of anilines is 1. The minimum absolute atomic E-state index is 0.0147. The van der Waals surface area contributed by atoms with Gasteiger partial charge in [-0.25, -0.2) is 8.42 Å². The number of nitrogens with two attached hydrogens (primary N) is 1. The van der Waals surface area contributed by atoms with Crippen molar-refractivity contribution in [3.8, 4) is 0 Å². The summed E-state index contributed by atoms with van der Waals surface area (Å²) in [6.07, 6.45) is 1.90. The molecule has 0 aromatic heterocycles. The van der Waals surface area contributed by atoms with Crippen molar-refractivity contribution in [3.63, 3.8) is 0 Å². The first-order valence-corrected chi connectivity index (χ1v) is 11.7. The number of sulfone groups is 1. The highest BCUT2D eigenvalue weighted by Gasteiger charge is 2.44. The lowest BCUT2D eigenvalue weighted by Crippen LogP contribution is -2.47. The molecular weight excluding hydrogens is 386 g/mol. The van der Waals surface area contributed by atoms with Crippen molar-refractivity contribution in [2.75, 3.05) is 43.4 Å². The second kappa shape index (κ2) is 7.80. The number of hydrogen-bond donors (Lipinski definition) is 1. The normalized spacial score (nSPS) is 18.7. The van der Waals surface area contributed by atoms with Crippen molar-refractivity contribution in [1.82, 2.24) is 4.90 Å². The highest BCUT2D eigenvalue weighted by Crippen LogP contribution is 2.46. The van der Waals surface area contributed by atoms with E-state index in [-0.39, 0.29) is 23.6 Å². The van der Waals surface area contributed by atoms with Gasteiger partial charge in [-0.05, 0) is 49.7 Å². The van der Waals surface area contributed by atoms with E-state index in [0.717, 1.165) is 38.2 Å². The average molecular weight is 414 g/mol. The van der Waals surface area contributed by atoms with Gasteiger partial charge in [-0.15, -0.1) is 0 Å². The van der Waals surface area contributed by atoms with Gasteiger partial charge in [-0.2, -0.15) is 0 Å². The Kier molecular flexibility index (Phi) is 5.36. The number of hydrogen-bond acceptors (Lipinski definition) is 5. The van der Waals surface area contributed by atoms with Crippen LogP contribution in [0.5, 0.6) is 0 Å². The minimum Gasteiger partial charge on any atom is -0.368 e. The van der Waals surface area contributed by atoms with Gasteiger partial charge in [0.2, 0.25) is 5.91 Å². The van der Waals surface area contributed by atoms with Crippen LogP contribution in [0.2, 0.25) is 0 Å². The van der Waals surface area contributed by atoms with E-state index in [4.69, 9.17) is 5.73 Å². The molecular formula is C22H27N3O3S. The van der Waals surface area contributed by atoms with Gasteiger partial charge in [0.15, 0.2) is 9.84 Å². The van der Waals surface area contributed by atoms with Crippen LogP contribution in [0, 0.1) is 0 Å². The molecule has 2 aromatic rings. The first kappa shape index (κ1) is 19.9. The van der Waals surface area contributed by atoms with E-state index in [1.807, 2.05) is 18.2 Å². The molecule has 1 amide bonds. The summed E-state index contributed by atoms with van der Waals surface area (Å²) in [6.45, 7) is 3.27. The molecule has 0 atom stereocenters. The molecule has 1 saturated heterocycles. The molecule has 0 radical (unpaired) electrons. The number of carbonyl (C=O) groups is 1. The zero-order chi connectivity index (χ0) is 20.5. The maximum atomic E-state index is 12.6. The monoisotopic (exact) mass is 413 g/mol. The fourth-order valence-corrected chi connectivity index (χ4v) is 6.00. The number of likely N-dealkylation sites (tertiary alicyclic amines) is 1. The third-order valence-electron chi connectivity index (χ3n) is 6.25. The number of amides is 1. The van der Waals surface area contributed by atoms with E-state index in [2.05, 4.69) is 21.9 Å². The van der Waals surface area contributed by atoms with E-state index in [1.165, 1.54) is 5.56 Å². The summed E-state index contributed by atoms with van der Waals surface area (Å²) in [5.74, 6) is -0.186. The SMILES string of the molecule is NC(=O)CN1CC2(CCN(CCS(=O)(=O)c3ccccc3)CC2)c2ccccc21. The second-order valence-electron chi connectivity index (χ2n) is 8.09. The standard InChI is InChI=1S/C22H27N3O3S/c23-21(26)16-25-17-22(19-8-4-5-9-20(19)25)10-12-24(13-11-22)14-15-29(27,28)18-6-2-1-3-7-18/h1-9H,10-17H2,(H2,23,26). The van der Waals surface area contributed by atoms with Crippen LogP contribution in [0.1, 0.15) is 18.4 Å². The number of primary amides is 1. The summed E-state index contributed by atoms with van der Waals surface area (Å²) >= 11 is 0. The van der Waals surface area contributed by atoms with Crippen molar-refractivity contribution < 1.29 is 13.2 Å². The molecule has 2 aliphatic heterocycles. The molecule has 1 fully saturated rings. The van der Waals surface area contributed by atoms with Crippen molar-refractivity contribution in [2.24, 2.45) is 5.73 Å². The topological polar surface area (TPSA) is 83.7 Å². The zero-order valence-corrected chi connectivity index (χ0v) is 17.3. The minimum atomic E-state index is -3.26. The Morgan fingerprint density at radius 1 is 1.00 bits per heavy atom. The Morgan fingerprint density at radius 3 is 2.34 bits per heavy atom. The van der Waals surface area contributed by atoms with Crippen LogP contribution in [0.25, 0.3) is 0 Å². The van der Waals surface area contributed by atoms with Crippen LogP contribution in [0.3, 0.4) is 0 Å². The fraction of sp³-hybridized carbons (Fsp3) is 0.409. The molecule has 2 aromatic carbocycles. The van der Waals surface area contributed by atoms with Gasteiger partial charge in [0.25, 0.3) is 0 Å². The first-order valence-electron chi connectivity index (χ1n) is 10.0. The Morgan fingerprint density at radius 2 is 1.66 bits per heavy atom. The number of fused-ring (bicyclic) bond motifs is 2. The van der Waals surface area contributed by atoms with Gasteiger partial charge in [-0.3, -0.25) is 4.79 Å². The molecule has 2 N–H and O–H groups in total. The predicted octanol–water partition coefficient (Wildman–Crippen LogP) is 1.80. The van der Waals surface area contributed by atoms with Gasteiger partial charge in [0, 0.05) is 24.2 Å². The van der Waals surface area contributed by atoms with E-state index < -0.39 is 9.84 Å². The van der Waals surface area contributed by atoms with E-state index in [9.17, 15) is 13.2 Å². The van der Waals surface area contributed by atoms with Gasteiger partial charge in [-0.1, -0.05) is 36.4 Å². The number of piperidine rings is 1. The molecule has 7 heteroatoms. The van der Waals surface area contributed by atoms with Crippen LogP contribution < -0.4 is 10.6 Å². The molecule has 2 heterocycles. The molecule has 2 aliphatic rings. The van der Waals surface area contributed by atoms with Gasteiger partial charge >= 0.3 is 0 Å². The maximum absolute atomic E-state index is 12.6. The lowest BCUT2D eigenvalue weighted by Gasteiger charge is -2.40. The summed E-state index contributed by atoms with van der Waals surface area (Å²) in [7, 11) is -3.26. The number of nitrogens with zero attached hydrogens (tertiary/aromatic N) is 2. The molecule has 4 rings (SSSR count). The number of carbonyl (C=O) groups excluding carboxylic acids is 1. The quantitative estimate of drug-likeness (QED) is 0.781. The zero-order valence-electron chi connectivity index (χ0n) is 16.5. The Balaban J connectivity index is 1.41. The molecule has 154 valence electrons. The Hall–Kier alpha value is -2.38. The largest absolute Gasteiger partial charge is 0.368 e. The fourth-order valence-electron chi connectivity index (χ4n) is 4.69. The molecule has 0 unspecified atom stereocenters. The molecule has 1 spiro atoms. The van der Waals surface area contributed by atoms with Crippen LogP contribution in [0.15, 0.2) is 59.5 Å². The first-order chi connectivity index (χ1) is 13.9. The van der Waals surface area contributed by atoms with Gasteiger partial charge in [0.1, 0.15) is 0 Å². The molecule has 0 bridgehead atoms. The smallest absolute Gasteiger partial charge is 0.236 e. The van der Waals surface area contributed by atoms with Crippen molar-refractivity contribution in [3.05, 3.63) is 60.2 Å². The number of para-hydroxylation sites is 1. The highest BCUT2D eigenvalue weighted by molar-refractivity contribution is 7.91. The summed E-state index contributed by atoms with van der Waals surface area (Å²) in [6, 6.07) is 16.9. The maximum Gasteiger partial charge on any atom is 0.236 e. The molecule has 6 nitrogen and oxygen atoms in total. The van der Waals surface area contributed by atoms with Crippen LogP contribution in [-0.4, -0.2) is 57.7 Å². The summed E-state index contributed by atoms with van der Waals surface area (Å²) in [5.41, 5.74) is 7.86. The lowest BCUT2D eigenvalue weighted by atomic mass is 9.74. The molecule has 0 saturated carbocycles. The van der Waals surface area contributed by atoms with Crippen LogP contribution in [-0.2, 0) is 20.0 Å². The highest BCUT2D eigenvalue weighted by atomic mass is 32.2. The third-order valence-corrected chi connectivity index (χ3v) is 7.96. The van der Waals surface area contributed by atoms with Gasteiger partial charge in [0.05, 0.1) is 17.2 Å². The second-order valence-corrected chi connectivity index (χ2v) is 10.2. The number of benzene rings is 2. The van der Waals surface area contributed by atoms with Gasteiger partial charge < -0.3 is 15.5 Å². The van der Waals surface area contributed by atoms with E-state index in [1.54, 1.807) is 24.3 Å². The van der Waals surface area contributed by atoms with E-state index in [0.29, 0.717) is 11.4 Å². The summed E-state index contributed by atoms with van der Waals surface area (Å²) in [4.78, 5) is 16.2. The molecule has 29 heavy (non-hydrogen) atoms. The molecule has 0 aliphatic carbocycles. The Labute approximate surface area is 172 Å². The van der Waals surface area contributed by atoms with Crippen molar-refractivity contribution in [2.45, 2.75) is 23.2 Å². The summed E-state index contributed by atoms with van der Waals surface area (Å²) in [5, 5.41) is 0. The number of rotatable bonds is 6. The van der Waals surface area contributed by atoms with Crippen LogP contribution in [0.4, 0.5) is 5.69 Å². The average Bonchev–Trinajstić information content (AvgIpc) is 3.01. The predicted molar refractivity (Wildman–Crippen MR) is 114 cm³/mol. The third kappa shape index (κ3) is 4.02. The van der Waals surface area contributed by atoms with Crippen molar-refractivity contribution in [1.29, 1.82) is 0 Å². The van der Waals surface area contributed by atoms with Crippen LogP contribution >= 0.6 is 0 Å². The lowest BCUT2D eigenvalue weighted by molar-refractivity contribution is -0.116. The summed E-state index contributed by atoms with van der Waals surface area (Å²) < 4.78 is 25.1. The van der Waals surface area contributed by atoms with E-state index >= 15 is 0 Å².